The fraction of sp³-hybridized carbons (Fsp3) is 0.409. The number of hydrogen-bond donors (Lipinski definition) is 1. The van der Waals surface area contributed by atoms with Crippen LogP contribution in [-0.4, -0.2) is 57.1 Å². The number of anilines is 1. The fourth-order valence-electron chi connectivity index (χ4n) is 3.89. The van der Waals surface area contributed by atoms with Crippen LogP contribution in [0.3, 0.4) is 0 Å². The van der Waals surface area contributed by atoms with E-state index in [2.05, 4.69) is 25.6 Å². The van der Waals surface area contributed by atoms with Crippen molar-refractivity contribution in [2.24, 2.45) is 0 Å². The first-order chi connectivity index (χ1) is 16.3. The number of piperidine rings is 1. The number of carbonyl (C=O) groups excluding carboxylic acids is 1. The summed E-state index contributed by atoms with van der Waals surface area (Å²) in [7, 11) is 1.50. The highest BCUT2D eigenvalue weighted by Gasteiger charge is 2.31. The van der Waals surface area contributed by atoms with Gasteiger partial charge in [-0.3, -0.25) is 4.79 Å². The molecule has 0 aromatic carbocycles. The van der Waals surface area contributed by atoms with E-state index < -0.39 is 11.7 Å². The summed E-state index contributed by atoms with van der Waals surface area (Å²) in [5, 5.41) is 15.4. The van der Waals surface area contributed by atoms with Gasteiger partial charge in [-0.1, -0.05) is 6.92 Å². The molecule has 0 radical (unpaired) electrons. The molecular weight excluding hydrogens is 451 g/mol. The molecule has 0 spiro atoms. The normalized spacial score (nSPS) is 14.8. The smallest absolute Gasteiger partial charge is 0.417 e. The number of alkyl halides is 3. The van der Waals surface area contributed by atoms with Gasteiger partial charge in [0.05, 0.1) is 30.1 Å². The van der Waals surface area contributed by atoms with E-state index in [1.807, 2.05) is 11.8 Å². The third-order valence-corrected chi connectivity index (χ3v) is 5.73. The van der Waals surface area contributed by atoms with Crippen LogP contribution in [-0.2, 0) is 12.6 Å². The first-order valence-corrected chi connectivity index (χ1v) is 10.8. The lowest BCUT2D eigenvalue weighted by Gasteiger charge is -2.33. The van der Waals surface area contributed by atoms with Crippen LogP contribution in [0.1, 0.15) is 41.4 Å². The predicted molar refractivity (Wildman–Crippen MR) is 117 cm³/mol. The van der Waals surface area contributed by atoms with Gasteiger partial charge in [0.15, 0.2) is 5.82 Å². The quantitative estimate of drug-likeness (QED) is 0.585. The Labute approximate surface area is 194 Å². The molecule has 1 amide bonds. The highest BCUT2D eigenvalue weighted by molar-refractivity contribution is 5.95. The van der Waals surface area contributed by atoms with Crippen LogP contribution in [0.2, 0.25) is 0 Å². The van der Waals surface area contributed by atoms with Gasteiger partial charge < -0.3 is 15.0 Å². The number of aromatic nitrogens is 5. The summed E-state index contributed by atoms with van der Waals surface area (Å²) < 4.78 is 44.8. The predicted octanol–water partition coefficient (Wildman–Crippen LogP) is 3.05. The molecule has 1 N–H and O–H groups in total. The molecule has 4 rings (SSSR count). The van der Waals surface area contributed by atoms with E-state index in [1.54, 1.807) is 16.8 Å². The van der Waals surface area contributed by atoms with E-state index in [-0.39, 0.29) is 11.9 Å². The second-order valence-electron chi connectivity index (χ2n) is 7.84. The van der Waals surface area contributed by atoms with Crippen molar-refractivity contribution in [3.63, 3.8) is 0 Å². The number of methoxy groups -OCH3 is 1. The summed E-state index contributed by atoms with van der Waals surface area (Å²) >= 11 is 0. The summed E-state index contributed by atoms with van der Waals surface area (Å²) in [6, 6.07) is 5.73. The van der Waals surface area contributed by atoms with Gasteiger partial charge in [-0.05, 0) is 37.5 Å². The Morgan fingerprint density at radius 2 is 1.85 bits per heavy atom. The number of ether oxygens (including phenoxy) is 1. The third kappa shape index (κ3) is 4.95. The van der Waals surface area contributed by atoms with Crippen molar-refractivity contribution in [1.29, 1.82) is 0 Å². The molecular formula is C22H24F3N7O2. The number of pyridine rings is 1. The zero-order valence-corrected chi connectivity index (χ0v) is 18.7. The van der Waals surface area contributed by atoms with Gasteiger partial charge in [0.2, 0.25) is 5.88 Å². The largest absolute Gasteiger partial charge is 0.480 e. The summed E-state index contributed by atoms with van der Waals surface area (Å²) in [6.07, 6.45) is -0.188. The van der Waals surface area contributed by atoms with Crippen LogP contribution < -0.4 is 15.0 Å². The molecule has 3 aromatic rings. The van der Waals surface area contributed by atoms with Crippen molar-refractivity contribution in [3.8, 4) is 11.7 Å². The molecule has 9 nitrogen and oxygen atoms in total. The Hall–Kier alpha value is -3.70. The van der Waals surface area contributed by atoms with E-state index in [0.717, 1.165) is 12.3 Å². The van der Waals surface area contributed by atoms with Gasteiger partial charge in [-0.25, -0.2) is 9.67 Å². The van der Waals surface area contributed by atoms with Gasteiger partial charge in [0, 0.05) is 31.4 Å². The Morgan fingerprint density at radius 1 is 1.12 bits per heavy atom. The van der Waals surface area contributed by atoms with E-state index >= 15 is 0 Å². The highest BCUT2D eigenvalue weighted by atomic mass is 19.4. The lowest BCUT2D eigenvalue weighted by molar-refractivity contribution is -0.137. The van der Waals surface area contributed by atoms with Gasteiger partial charge in [0.1, 0.15) is 5.82 Å². The molecule has 12 heteroatoms. The number of nitrogens with zero attached hydrogens (tertiary/aromatic N) is 6. The van der Waals surface area contributed by atoms with Gasteiger partial charge >= 0.3 is 6.18 Å². The zero-order valence-electron chi connectivity index (χ0n) is 18.7. The van der Waals surface area contributed by atoms with E-state index in [0.29, 0.717) is 61.1 Å². The average molecular weight is 475 g/mol. The molecule has 180 valence electrons. The van der Waals surface area contributed by atoms with Crippen molar-refractivity contribution in [2.75, 3.05) is 25.1 Å². The van der Waals surface area contributed by atoms with Crippen molar-refractivity contribution >= 4 is 11.7 Å². The molecule has 1 aliphatic rings. The molecule has 0 bridgehead atoms. The molecule has 1 saturated heterocycles. The number of halogens is 3. The van der Waals surface area contributed by atoms with Gasteiger partial charge in [-0.15, -0.1) is 10.2 Å². The van der Waals surface area contributed by atoms with E-state index in [1.165, 1.54) is 19.4 Å². The number of carbonyl (C=O) groups is 1. The number of rotatable bonds is 6. The monoisotopic (exact) mass is 475 g/mol. The second kappa shape index (κ2) is 9.65. The van der Waals surface area contributed by atoms with E-state index in [9.17, 15) is 18.0 Å². The topological polar surface area (TPSA) is 98.1 Å². The minimum absolute atomic E-state index is 0.0629. The molecule has 3 aromatic heterocycles. The van der Waals surface area contributed by atoms with Crippen molar-refractivity contribution in [1.82, 2.24) is 30.3 Å². The van der Waals surface area contributed by atoms with E-state index in [4.69, 9.17) is 4.74 Å². The fourth-order valence-corrected chi connectivity index (χ4v) is 3.89. The van der Waals surface area contributed by atoms with Crippen LogP contribution in [0.5, 0.6) is 5.88 Å². The Kier molecular flexibility index (Phi) is 6.66. The van der Waals surface area contributed by atoms with Crippen LogP contribution in [0, 0.1) is 0 Å². The highest BCUT2D eigenvalue weighted by Crippen LogP contribution is 2.30. The molecule has 34 heavy (non-hydrogen) atoms. The van der Waals surface area contributed by atoms with Gasteiger partial charge in [0.25, 0.3) is 5.91 Å². The van der Waals surface area contributed by atoms with Crippen LogP contribution in [0.15, 0.2) is 36.7 Å². The van der Waals surface area contributed by atoms with Crippen LogP contribution in [0.4, 0.5) is 19.0 Å². The maximum absolute atomic E-state index is 13.0. The number of hydrogen-bond acceptors (Lipinski definition) is 7. The lowest BCUT2D eigenvalue weighted by atomic mass is 10.0. The zero-order chi connectivity index (χ0) is 24.3. The maximum Gasteiger partial charge on any atom is 0.417 e. The standard InChI is InChI=1S/C22H24F3N7O2/c1-3-17-16(13-27-32(17)19-6-7-20(34-2)30-29-19)21(33)28-15-8-10-31(11-9-15)18-5-4-14(12-26-18)22(23,24)25/h4-7,12-13,15H,3,8-11H2,1-2H3,(H,28,33). The number of nitrogens with one attached hydrogen (secondary N) is 1. The summed E-state index contributed by atoms with van der Waals surface area (Å²) in [6.45, 7) is 3.08. The SMILES string of the molecule is CCc1c(C(=O)NC2CCN(c3ccc(C(F)(F)F)cn3)CC2)cnn1-c1ccc(OC)nn1. The Balaban J connectivity index is 1.38. The lowest BCUT2D eigenvalue weighted by Crippen LogP contribution is -2.45. The molecule has 1 fully saturated rings. The van der Waals surface area contributed by atoms with Crippen LogP contribution >= 0.6 is 0 Å². The van der Waals surface area contributed by atoms with Crippen molar-refractivity contribution in [2.45, 2.75) is 38.4 Å². The molecule has 0 saturated carbocycles. The molecule has 4 heterocycles. The summed E-state index contributed by atoms with van der Waals surface area (Å²) in [5.41, 5.74) is 0.404. The van der Waals surface area contributed by atoms with Crippen LogP contribution in [0.25, 0.3) is 5.82 Å². The Morgan fingerprint density at radius 3 is 2.41 bits per heavy atom. The molecule has 0 aliphatic carbocycles. The first-order valence-electron chi connectivity index (χ1n) is 10.8. The molecule has 0 atom stereocenters. The molecule has 1 aliphatic heterocycles. The second-order valence-corrected chi connectivity index (χ2v) is 7.84. The average Bonchev–Trinajstić information content (AvgIpc) is 3.28. The number of amides is 1. The minimum atomic E-state index is -4.41. The van der Waals surface area contributed by atoms with Gasteiger partial charge in [-0.2, -0.15) is 18.3 Å². The first kappa shape index (κ1) is 23.5. The minimum Gasteiger partial charge on any atom is -0.480 e. The summed E-state index contributed by atoms with van der Waals surface area (Å²) in [4.78, 5) is 18.8. The Bertz CT molecular complexity index is 1120. The van der Waals surface area contributed by atoms with Crippen molar-refractivity contribution in [3.05, 3.63) is 53.5 Å². The molecule has 0 unspecified atom stereocenters. The third-order valence-electron chi connectivity index (χ3n) is 5.73. The summed E-state index contributed by atoms with van der Waals surface area (Å²) in [5.74, 6) is 1.13. The van der Waals surface area contributed by atoms with Crippen molar-refractivity contribution < 1.29 is 22.7 Å². The maximum atomic E-state index is 13.0.